The maximum atomic E-state index is 12.6. The lowest BCUT2D eigenvalue weighted by molar-refractivity contribution is -0.0499. The van der Waals surface area contributed by atoms with Crippen molar-refractivity contribution >= 4 is 15.6 Å². The Balaban J connectivity index is 2.10. The van der Waals surface area contributed by atoms with E-state index in [1.807, 2.05) is 0 Å². The largest absolute Gasteiger partial charge is 0.534 e. The van der Waals surface area contributed by atoms with Crippen LogP contribution in [0.25, 0.3) is 16.6 Å². The molecular formula is C16H12F3NO4S. The number of rotatable bonds is 4. The van der Waals surface area contributed by atoms with Crippen LogP contribution < -0.4 is 8.92 Å². The van der Waals surface area contributed by atoms with Crippen LogP contribution >= 0.6 is 0 Å². The Bertz CT molecular complexity index is 1010. The summed E-state index contributed by atoms with van der Waals surface area (Å²) in [7, 11) is -4.25. The summed E-state index contributed by atoms with van der Waals surface area (Å²) in [6.45, 7) is 0. The minimum absolute atomic E-state index is 0.199. The molecule has 5 nitrogen and oxygen atoms in total. The van der Waals surface area contributed by atoms with E-state index in [0.29, 0.717) is 16.9 Å². The number of benzene rings is 1. The molecule has 0 bridgehead atoms. The van der Waals surface area contributed by atoms with E-state index in [1.165, 1.54) is 23.6 Å². The Morgan fingerprint density at radius 3 is 2.32 bits per heavy atom. The lowest BCUT2D eigenvalue weighted by Crippen LogP contribution is -2.28. The van der Waals surface area contributed by atoms with Gasteiger partial charge in [0.05, 0.1) is 12.6 Å². The summed E-state index contributed by atoms with van der Waals surface area (Å²) in [5, 5.41) is 0. The van der Waals surface area contributed by atoms with Crippen LogP contribution in [0.5, 0.6) is 11.5 Å². The third-order valence-corrected chi connectivity index (χ3v) is 4.47. The van der Waals surface area contributed by atoms with Crippen molar-refractivity contribution in [3.05, 3.63) is 54.9 Å². The molecule has 0 saturated heterocycles. The van der Waals surface area contributed by atoms with Crippen molar-refractivity contribution in [3.8, 4) is 22.6 Å². The Morgan fingerprint density at radius 2 is 1.72 bits per heavy atom. The van der Waals surface area contributed by atoms with Gasteiger partial charge in [0.1, 0.15) is 5.75 Å². The second-order valence-electron chi connectivity index (χ2n) is 5.11. The van der Waals surface area contributed by atoms with E-state index in [1.54, 1.807) is 42.7 Å². The zero-order valence-electron chi connectivity index (χ0n) is 12.8. The quantitative estimate of drug-likeness (QED) is 0.516. The molecule has 2 heterocycles. The summed E-state index contributed by atoms with van der Waals surface area (Å²) in [5.74, 6) is 0.206. The molecule has 0 amide bonds. The Morgan fingerprint density at radius 1 is 1.04 bits per heavy atom. The average Bonchev–Trinajstić information content (AvgIpc) is 3.02. The number of nitrogens with zero attached hydrogens (tertiary/aromatic N) is 1. The second-order valence-corrected chi connectivity index (χ2v) is 6.64. The van der Waals surface area contributed by atoms with Gasteiger partial charge in [0.2, 0.25) is 0 Å². The average molecular weight is 371 g/mol. The minimum atomic E-state index is -5.76. The number of ether oxygens (including phenoxy) is 1. The van der Waals surface area contributed by atoms with Crippen molar-refractivity contribution in [3.63, 3.8) is 0 Å². The van der Waals surface area contributed by atoms with Crippen molar-refractivity contribution < 1.29 is 30.5 Å². The smallest absolute Gasteiger partial charge is 0.497 e. The standard InChI is InChI=1S/C16H12F3NO4S/c1-23-13-6-4-11(5-7-13)12-9-15(14-3-2-8-20(14)10-12)24-25(21,22)16(17,18)19/h2-10H,1H3. The molecular weight excluding hydrogens is 359 g/mol. The zero-order chi connectivity index (χ0) is 18.2. The maximum Gasteiger partial charge on any atom is 0.534 e. The highest BCUT2D eigenvalue weighted by Gasteiger charge is 2.48. The van der Waals surface area contributed by atoms with Crippen molar-refractivity contribution in [2.45, 2.75) is 5.51 Å². The topological polar surface area (TPSA) is 57.0 Å². The van der Waals surface area contributed by atoms with Gasteiger partial charge in [-0.25, -0.2) is 0 Å². The van der Waals surface area contributed by atoms with Crippen LogP contribution in [0.4, 0.5) is 13.2 Å². The predicted molar refractivity (Wildman–Crippen MR) is 85.0 cm³/mol. The summed E-state index contributed by atoms with van der Waals surface area (Å²) in [4.78, 5) is 0. The molecule has 3 rings (SSSR count). The maximum absolute atomic E-state index is 12.6. The minimum Gasteiger partial charge on any atom is -0.497 e. The number of halogens is 3. The molecule has 3 aromatic rings. The number of pyridine rings is 1. The number of methoxy groups -OCH3 is 1. The number of hydrogen-bond donors (Lipinski definition) is 0. The number of hydrogen-bond acceptors (Lipinski definition) is 4. The Labute approximate surface area is 141 Å². The number of alkyl halides is 3. The van der Waals surface area contributed by atoms with E-state index in [9.17, 15) is 21.6 Å². The molecule has 0 unspecified atom stereocenters. The molecule has 9 heteroatoms. The van der Waals surface area contributed by atoms with E-state index in [0.717, 1.165) is 0 Å². The van der Waals surface area contributed by atoms with E-state index in [2.05, 4.69) is 4.18 Å². The summed E-state index contributed by atoms with van der Waals surface area (Å²) in [5.41, 5.74) is -4.17. The van der Waals surface area contributed by atoms with Gasteiger partial charge in [-0.3, -0.25) is 0 Å². The fourth-order valence-electron chi connectivity index (χ4n) is 2.29. The zero-order valence-corrected chi connectivity index (χ0v) is 13.6. The molecule has 0 aliphatic carbocycles. The Hall–Kier alpha value is -2.68. The fourth-order valence-corrected chi connectivity index (χ4v) is 2.76. The van der Waals surface area contributed by atoms with Crippen molar-refractivity contribution in [1.82, 2.24) is 4.40 Å². The van der Waals surface area contributed by atoms with Crippen LogP contribution in [0.3, 0.4) is 0 Å². The monoisotopic (exact) mass is 371 g/mol. The highest BCUT2D eigenvalue weighted by molar-refractivity contribution is 7.88. The highest BCUT2D eigenvalue weighted by Crippen LogP contribution is 2.33. The molecule has 0 aliphatic heterocycles. The first kappa shape index (κ1) is 17.2. The summed E-state index contributed by atoms with van der Waals surface area (Å²) in [6, 6.07) is 11.0. The first-order valence-corrected chi connectivity index (χ1v) is 8.38. The Kier molecular flexibility index (Phi) is 4.11. The molecule has 0 fully saturated rings. The van der Waals surface area contributed by atoms with E-state index < -0.39 is 21.4 Å². The molecule has 0 radical (unpaired) electrons. The van der Waals surface area contributed by atoms with Crippen LogP contribution in [0.1, 0.15) is 0 Å². The fraction of sp³-hybridized carbons (Fsp3) is 0.125. The summed E-state index contributed by atoms with van der Waals surface area (Å²) >= 11 is 0. The third kappa shape index (κ3) is 3.27. The van der Waals surface area contributed by atoms with Crippen LogP contribution in [0.2, 0.25) is 0 Å². The lowest BCUT2D eigenvalue weighted by Gasteiger charge is -2.13. The van der Waals surface area contributed by atoms with Gasteiger partial charge in [-0.15, -0.1) is 0 Å². The highest BCUT2D eigenvalue weighted by atomic mass is 32.2. The van der Waals surface area contributed by atoms with Crippen LogP contribution in [-0.4, -0.2) is 25.4 Å². The summed E-state index contributed by atoms with van der Waals surface area (Å²) < 4.78 is 71.4. The van der Waals surface area contributed by atoms with E-state index >= 15 is 0 Å². The summed E-state index contributed by atoms with van der Waals surface area (Å²) in [6.07, 6.45) is 3.24. The normalized spacial score (nSPS) is 12.3. The molecule has 2 aromatic heterocycles. The first-order chi connectivity index (χ1) is 11.7. The van der Waals surface area contributed by atoms with Gasteiger partial charge < -0.3 is 13.3 Å². The van der Waals surface area contributed by atoms with E-state index in [4.69, 9.17) is 4.74 Å². The molecule has 0 atom stereocenters. The lowest BCUT2D eigenvalue weighted by atomic mass is 10.1. The number of aromatic nitrogens is 1. The molecule has 0 spiro atoms. The van der Waals surface area contributed by atoms with Crippen LogP contribution in [-0.2, 0) is 10.1 Å². The van der Waals surface area contributed by atoms with E-state index in [-0.39, 0.29) is 5.52 Å². The van der Waals surface area contributed by atoms with Gasteiger partial charge in [0.15, 0.2) is 5.75 Å². The number of fused-ring (bicyclic) bond motifs is 1. The molecule has 1 aromatic carbocycles. The van der Waals surface area contributed by atoms with Crippen molar-refractivity contribution in [2.24, 2.45) is 0 Å². The van der Waals surface area contributed by atoms with Crippen molar-refractivity contribution in [2.75, 3.05) is 7.11 Å². The predicted octanol–water partition coefficient (Wildman–Crippen LogP) is 3.84. The van der Waals surface area contributed by atoms with Gasteiger partial charge in [-0.05, 0) is 35.9 Å². The third-order valence-electron chi connectivity index (χ3n) is 3.50. The molecule has 25 heavy (non-hydrogen) atoms. The van der Waals surface area contributed by atoms with Gasteiger partial charge >= 0.3 is 15.6 Å². The first-order valence-electron chi connectivity index (χ1n) is 6.97. The second kappa shape index (κ2) is 5.99. The van der Waals surface area contributed by atoms with Gasteiger partial charge in [0, 0.05) is 18.0 Å². The van der Waals surface area contributed by atoms with Gasteiger partial charge in [0.25, 0.3) is 0 Å². The molecule has 0 N–H and O–H groups in total. The van der Waals surface area contributed by atoms with Crippen LogP contribution in [0, 0.1) is 0 Å². The molecule has 132 valence electrons. The van der Waals surface area contributed by atoms with Gasteiger partial charge in [-0.1, -0.05) is 12.1 Å². The molecule has 0 saturated carbocycles. The molecule has 0 aliphatic rings. The van der Waals surface area contributed by atoms with Gasteiger partial charge in [-0.2, -0.15) is 21.6 Å². The van der Waals surface area contributed by atoms with Crippen LogP contribution in [0.15, 0.2) is 54.9 Å². The SMILES string of the molecule is COc1ccc(-c2cc(OS(=O)(=O)C(F)(F)F)c3cccn3c2)cc1. The van der Waals surface area contributed by atoms with Crippen molar-refractivity contribution in [1.29, 1.82) is 0 Å².